The maximum absolute atomic E-state index is 6.16. The molecule has 18 heavy (non-hydrogen) atoms. The second kappa shape index (κ2) is 5.94. The lowest BCUT2D eigenvalue weighted by atomic mass is 10.0. The van der Waals surface area contributed by atoms with Crippen LogP contribution in [0, 0.1) is 0 Å². The summed E-state index contributed by atoms with van der Waals surface area (Å²) < 4.78 is 10.3. The maximum atomic E-state index is 6.16. The smallest absolute Gasteiger partial charge is 0.137 e. The number of nitrogens with one attached hydrogen (secondary N) is 1. The Balaban J connectivity index is 2.34. The molecule has 1 unspecified atom stereocenters. The van der Waals surface area contributed by atoms with Gasteiger partial charge in [0.15, 0.2) is 0 Å². The average Bonchev–Trinajstić information content (AvgIpc) is 2.89. The van der Waals surface area contributed by atoms with Gasteiger partial charge >= 0.3 is 0 Å². The van der Waals surface area contributed by atoms with Crippen LogP contribution < -0.4 is 10.1 Å². The predicted octanol–water partition coefficient (Wildman–Crippen LogP) is 3.64. The summed E-state index contributed by atoms with van der Waals surface area (Å²) in [5.41, 5.74) is 2.17. The molecule has 0 saturated heterocycles. The Morgan fingerprint density at radius 2 is 2.17 bits per heavy atom. The van der Waals surface area contributed by atoms with E-state index in [9.17, 15) is 0 Å². The number of hydrogen-bond donors (Lipinski definition) is 1. The molecule has 0 radical (unpaired) electrons. The van der Waals surface area contributed by atoms with Crippen molar-refractivity contribution in [2.24, 2.45) is 0 Å². The zero-order valence-corrected chi connectivity index (χ0v) is 11.2. The minimum absolute atomic E-state index is 0.0807. The van der Waals surface area contributed by atoms with E-state index in [4.69, 9.17) is 20.8 Å². The SMILES string of the molecule is CCNC(c1ccoc1)c1ccc(OC)c(Cl)c1. The lowest BCUT2D eigenvalue weighted by Gasteiger charge is -2.17. The highest BCUT2D eigenvalue weighted by atomic mass is 35.5. The highest BCUT2D eigenvalue weighted by Gasteiger charge is 2.15. The van der Waals surface area contributed by atoms with Gasteiger partial charge < -0.3 is 14.5 Å². The molecule has 2 aromatic rings. The van der Waals surface area contributed by atoms with Crippen LogP contribution in [0.25, 0.3) is 0 Å². The molecular weight excluding hydrogens is 250 g/mol. The normalized spacial score (nSPS) is 12.4. The molecule has 0 saturated carbocycles. The Hall–Kier alpha value is -1.45. The molecule has 1 aromatic heterocycles. The van der Waals surface area contributed by atoms with Crippen molar-refractivity contribution in [3.05, 3.63) is 52.9 Å². The number of rotatable bonds is 5. The van der Waals surface area contributed by atoms with Crippen molar-refractivity contribution in [2.75, 3.05) is 13.7 Å². The van der Waals surface area contributed by atoms with E-state index in [0.717, 1.165) is 17.7 Å². The first kappa shape index (κ1) is 13.0. The lowest BCUT2D eigenvalue weighted by Crippen LogP contribution is -2.21. The molecule has 0 aliphatic carbocycles. The Labute approximate surface area is 112 Å². The first-order valence-corrected chi connectivity index (χ1v) is 6.23. The van der Waals surface area contributed by atoms with Gasteiger partial charge in [0.1, 0.15) is 5.75 Å². The highest BCUT2D eigenvalue weighted by molar-refractivity contribution is 6.32. The maximum Gasteiger partial charge on any atom is 0.137 e. The zero-order chi connectivity index (χ0) is 13.0. The fourth-order valence-corrected chi connectivity index (χ4v) is 2.20. The van der Waals surface area contributed by atoms with Crippen molar-refractivity contribution >= 4 is 11.6 Å². The number of halogens is 1. The number of methoxy groups -OCH3 is 1. The molecule has 0 bridgehead atoms. The minimum Gasteiger partial charge on any atom is -0.495 e. The van der Waals surface area contributed by atoms with Crippen molar-refractivity contribution in [1.82, 2.24) is 5.32 Å². The second-order valence-corrected chi connectivity index (χ2v) is 4.35. The number of hydrogen-bond acceptors (Lipinski definition) is 3. The van der Waals surface area contributed by atoms with Crippen LogP contribution >= 0.6 is 11.6 Å². The van der Waals surface area contributed by atoms with E-state index in [1.807, 2.05) is 24.3 Å². The van der Waals surface area contributed by atoms with Gasteiger partial charge in [-0.05, 0) is 30.3 Å². The van der Waals surface area contributed by atoms with E-state index in [1.54, 1.807) is 19.6 Å². The first-order valence-electron chi connectivity index (χ1n) is 5.85. The predicted molar refractivity (Wildman–Crippen MR) is 72.2 cm³/mol. The third-order valence-electron chi connectivity index (χ3n) is 2.79. The van der Waals surface area contributed by atoms with E-state index in [1.165, 1.54) is 0 Å². The molecular formula is C14H16ClNO2. The second-order valence-electron chi connectivity index (χ2n) is 3.94. The number of benzene rings is 1. The van der Waals surface area contributed by atoms with E-state index >= 15 is 0 Å². The molecule has 3 nitrogen and oxygen atoms in total. The molecule has 1 atom stereocenters. The summed E-state index contributed by atoms with van der Waals surface area (Å²) in [4.78, 5) is 0. The summed E-state index contributed by atoms with van der Waals surface area (Å²) >= 11 is 6.16. The number of furan rings is 1. The van der Waals surface area contributed by atoms with Crippen LogP contribution in [0.1, 0.15) is 24.1 Å². The molecule has 1 aromatic carbocycles. The molecule has 96 valence electrons. The standard InChI is InChI=1S/C14H16ClNO2/c1-3-16-14(11-6-7-18-9-11)10-4-5-13(17-2)12(15)8-10/h4-9,14,16H,3H2,1-2H3. The fourth-order valence-electron chi connectivity index (χ4n) is 1.93. The Morgan fingerprint density at radius 1 is 1.33 bits per heavy atom. The van der Waals surface area contributed by atoms with Crippen LogP contribution in [-0.4, -0.2) is 13.7 Å². The van der Waals surface area contributed by atoms with E-state index in [0.29, 0.717) is 10.8 Å². The monoisotopic (exact) mass is 265 g/mol. The Bertz CT molecular complexity index is 497. The van der Waals surface area contributed by atoms with Gasteiger partial charge in [-0.15, -0.1) is 0 Å². The number of ether oxygens (including phenoxy) is 1. The third-order valence-corrected chi connectivity index (χ3v) is 3.09. The van der Waals surface area contributed by atoms with Crippen molar-refractivity contribution in [3.63, 3.8) is 0 Å². The van der Waals surface area contributed by atoms with E-state index < -0.39 is 0 Å². The van der Waals surface area contributed by atoms with Crippen LogP contribution in [0.15, 0.2) is 41.2 Å². The van der Waals surface area contributed by atoms with Crippen molar-refractivity contribution in [2.45, 2.75) is 13.0 Å². The van der Waals surface area contributed by atoms with Gasteiger partial charge in [-0.1, -0.05) is 24.6 Å². The van der Waals surface area contributed by atoms with Crippen LogP contribution in [0.5, 0.6) is 5.75 Å². The molecule has 1 N–H and O–H groups in total. The fraction of sp³-hybridized carbons (Fsp3) is 0.286. The summed E-state index contributed by atoms with van der Waals surface area (Å²) in [7, 11) is 1.61. The first-order chi connectivity index (χ1) is 8.76. The third kappa shape index (κ3) is 2.68. The average molecular weight is 266 g/mol. The summed E-state index contributed by atoms with van der Waals surface area (Å²) in [5.74, 6) is 0.683. The quantitative estimate of drug-likeness (QED) is 0.896. The molecule has 0 amide bonds. The van der Waals surface area contributed by atoms with Gasteiger partial charge in [0.2, 0.25) is 0 Å². The van der Waals surface area contributed by atoms with E-state index in [2.05, 4.69) is 12.2 Å². The Morgan fingerprint density at radius 3 is 2.72 bits per heavy atom. The minimum atomic E-state index is 0.0807. The zero-order valence-electron chi connectivity index (χ0n) is 10.4. The summed E-state index contributed by atoms with van der Waals surface area (Å²) in [6.45, 7) is 2.93. The van der Waals surface area contributed by atoms with Crippen molar-refractivity contribution in [3.8, 4) is 5.75 Å². The van der Waals surface area contributed by atoms with Gasteiger partial charge in [0, 0.05) is 5.56 Å². The van der Waals surface area contributed by atoms with Gasteiger partial charge in [-0.2, -0.15) is 0 Å². The van der Waals surface area contributed by atoms with Crippen LogP contribution in [0.4, 0.5) is 0 Å². The van der Waals surface area contributed by atoms with Gasteiger partial charge in [0.05, 0.1) is 30.7 Å². The molecule has 4 heteroatoms. The molecule has 0 aliphatic rings. The van der Waals surface area contributed by atoms with Crippen molar-refractivity contribution < 1.29 is 9.15 Å². The van der Waals surface area contributed by atoms with Crippen LogP contribution in [0.2, 0.25) is 5.02 Å². The van der Waals surface area contributed by atoms with Crippen LogP contribution in [-0.2, 0) is 0 Å². The van der Waals surface area contributed by atoms with Gasteiger partial charge in [-0.25, -0.2) is 0 Å². The molecule has 0 aliphatic heterocycles. The van der Waals surface area contributed by atoms with E-state index in [-0.39, 0.29) is 6.04 Å². The summed E-state index contributed by atoms with van der Waals surface area (Å²) in [6.07, 6.45) is 3.41. The lowest BCUT2D eigenvalue weighted by molar-refractivity contribution is 0.414. The summed E-state index contributed by atoms with van der Waals surface area (Å²) in [6, 6.07) is 7.83. The Kier molecular flexibility index (Phi) is 4.28. The van der Waals surface area contributed by atoms with Crippen LogP contribution in [0.3, 0.4) is 0 Å². The molecule has 2 rings (SSSR count). The van der Waals surface area contributed by atoms with Gasteiger partial charge in [-0.3, -0.25) is 0 Å². The molecule has 0 spiro atoms. The van der Waals surface area contributed by atoms with Crippen molar-refractivity contribution in [1.29, 1.82) is 0 Å². The molecule has 1 heterocycles. The summed E-state index contributed by atoms with van der Waals surface area (Å²) in [5, 5.41) is 4.02. The van der Waals surface area contributed by atoms with Gasteiger partial charge in [0.25, 0.3) is 0 Å². The topological polar surface area (TPSA) is 34.4 Å². The largest absolute Gasteiger partial charge is 0.495 e. The highest BCUT2D eigenvalue weighted by Crippen LogP contribution is 2.30. The molecule has 0 fully saturated rings.